The van der Waals surface area contributed by atoms with Gasteiger partial charge in [0.15, 0.2) is 6.54 Å². The van der Waals surface area contributed by atoms with Gasteiger partial charge < -0.3 is 14.6 Å². The quantitative estimate of drug-likeness (QED) is 0.802. The zero-order valence-corrected chi connectivity index (χ0v) is 16.7. The van der Waals surface area contributed by atoms with Gasteiger partial charge in [0, 0.05) is 12.0 Å². The number of amidine groups is 1. The van der Waals surface area contributed by atoms with E-state index in [1.54, 1.807) is 7.11 Å². The van der Waals surface area contributed by atoms with Crippen molar-refractivity contribution in [2.45, 2.75) is 38.3 Å². The van der Waals surface area contributed by atoms with E-state index in [9.17, 15) is 5.11 Å². The van der Waals surface area contributed by atoms with E-state index in [4.69, 9.17) is 9.47 Å². The highest BCUT2D eigenvalue weighted by atomic mass is 16.5. The molecule has 2 aromatic carbocycles. The predicted octanol–water partition coefficient (Wildman–Crippen LogP) is 3.74. The molecule has 4 rings (SSSR count). The molecule has 5 heteroatoms. The van der Waals surface area contributed by atoms with Gasteiger partial charge in [-0.2, -0.15) is 0 Å². The van der Waals surface area contributed by atoms with E-state index in [-0.39, 0.29) is 0 Å². The largest absolute Gasteiger partial charge is 0.497 e. The Morgan fingerprint density at radius 3 is 2.39 bits per heavy atom. The number of aliphatic hydroxyl groups is 1. The second-order valence-electron chi connectivity index (χ2n) is 7.44. The number of β-amino-alcohol motifs (C(OH)–C–C–N with tert-alkyl or cyclic N) is 1. The normalized spacial score (nSPS) is 22.0. The summed E-state index contributed by atoms with van der Waals surface area (Å²) in [6.45, 7) is 4.00. The van der Waals surface area contributed by atoms with Crippen molar-refractivity contribution in [2.75, 3.05) is 31.7 Å². The third-order valence-corrected chi connectivity index (χ3v) is 5.74. The molecule has 148 valence electrons. The summed E-state index contributed by atoms with van der Waals surface area (Å²) < 4.78 is 13.1. The van der Waals surface area contributed by atoms with Crippen molar-refractivity contribution in [3.8, 4) is 11.5 Å². The van der Waals surface area contributed by atoms with Crippen LogP contribution in [-0.2, 0) is 5.72 Å². The molecule has 1 N–H and O–H groups in total. The van der Waals surface area contributed by atoms with Crippen LogP contribution < -0.4 is 14.4 Å². The molecule has 2 heterocycles. The highest BCUT2D eigenvalue weighted by Gasteiger charge is 2.51. The van der Waals surface area contributed by atoms with E-state index < -0.39 is 5.72 Å². The fourth-order valence-electron chi connectivity index (χ4n) is 4.30. The molecule has 2 aliphatic rings. The lowest BCUT2D eigenvalue weighted by Crippen LogP contribution is -2.41. The molecule has 0 spiro atoms. The lowest BCUT2D eigenvalue weighted by molar-refractivity contribution is -0.658. The molecule has 0 bridgehead atoms. The van der Waals surface area contributed by atoms with Crippen LogP contribution in [0.4, 0.5) is 5.69 Å². The molecule has 1 unspecified atom stereocenters. The van der Waals surface area contributed by atoms with Crippen molar-refractivity contribution in [2.24, 2.45) is 0 Å². The van der Waals surface area contributed by atoms with Gasteiger partial charge in [-0.3, -0.25) is 0 Å². The third kappa shape index (κ3) is 3.35. The van der Waals surface area contributed by atoms with Crippen LogP contribution in [0.5, 0.6) is 11.5 Å². The summed E-state index contributed by atoms with van der Waals surface area (Å²) in [5.41, 5.74) is 0.959. The van der Waals surface area contributed by atoms with Gasteiger partial charge in [-0.1, -0.05) is 0 Å². The Bertz CT molecular complexity index is 845. The SMILES string of the molecule is CCOc1ccc(C2(O)CN(c3ccc(OC)cc3)C3=[N+]2CCCCC3)cc1. The Kier molecular flexibility index (Phi) is 5.27. The molecule has 0 aliphatic carbocycles. The predicted molar refractivity (Wildman–Crippen MR) is 110 cm³/mol. The van der Waals surface area contributed by atoms with Gasteiger partial charge in [-0.15, -0.1) is 0 Å². The molecule has 0 saturated carbocycles. The number of ether oxygens (including phenoxy) is 2. The number of hydrogen-bond acceptors (Lipinski definition) is 4. The maximum atomic E-state index is 11.8. The minimum atomic E-state index is -1.04. The van der Waals surface area contributed by atoms with Gasteiger partial charge in [0.1, 0.15) is 17.2 Å². The average molecular weight is 381 g/mol. The van der Waals surface area contributed by atoms with Gasteiger partial charge in [-0.25, -0.2) is 9.48 Å². The summed E-state index contributed by atoms with van der Waals surface area (Å²) in [5.74, 6) is 2.88. The molecule has 5 nitrogen and oxygen atoms in total. The van der Waals surface area contributed by atoms with E-state index in [1.165, 1.54) is 12.3 Å². The number of benzene rings is 2. The Labute approximate surface area is 166 Å². The monoisotopic (exact) mass is 381 g/mol. The fraction of sp³-hybridized carbons (Fsp3) is 0.435. The van der Waals surface area contributed by atoms with Crippen LogP contribution in [-0.4, -0.2) is 42.3 Å². The van der Waals surface area contributed by atoms with Crippen molar-refractivity contribution in [3.05, 3.63) is 54.1 Å². The van der Waals surface area contributed by atoms with Gasteiger partial charge in [0.2, 0.25) is 0 Å². The molecular weight excluding hydrogens is 352 g/mol. The lowest BCUT2D eigenvalue weighted by atomic mass is 10.0. The summed E-state index contributed by atoms with van der Waals surface area (Å²) in [5, 5.41) is 11.8. The fourth-order valence-corrected chi connectivity index (χ4v) is 4.30. The second kappa shape index (κ2) is 7.84. The van der Waals surface area contributed by atoms with Crippen molar-refractivity contribution in [3.63, 3.8) is 0 Å². The summed E-state index contributed by atoms with van der Waals surface area (Å²) >= 11 is 0. The van der Waals surface area contributed by atoms with Crippen LogP contribution in [0.15, 0.2) is 48.5 Å². The first-order valence-electron chi connectivity index (χ1n) is 10.2. The first-order chi connectivity index (χ1) is 13.7. The third-order valence-electron chi connectivity index (χ3n) is 5.74. The molecule has 0 radical (unpaired) electrons. The molecule has 0 amide bonds. The minimum absolute atomic E-state index is 0.517. The highest BCUT2D eigenvalue weighted by Crippen LogP contribution is 2.36. The zero-order chi connectivity index (χ0) is 19.6. The maximum absolute atomic E-state index is 11.8. The van der Waals surface area contributed by atoms with Gasteiger partial charge in [-0.05, 0) is 74.7 Å². The van der Waals surface area contributed by atoms with Crippen LogP contribution >= 0.6 is 0 Å². The van der Waals surface area contributed by atoms with E-state index in [1.807, 2.05) is 43.3 Å². The van der Waals surface area contributed by atoms with Gasteiger partial charge >= 0.3 is 0 Å². The molecule has 28 heavy (non-hydrogen) atoms. The Morgan fingerprint density at radius 2 is 1.71 bits per heavy atom. The van der Waals surface area contributed by atoms with Crippen molar-refractivity contribution in [1.82, 2.24) is 0 Å². The van der Waals surface area contributed by atoms with Crippen molar-refractivity contribution >= 4 is 11.5 Å². The first-order valence-corrected chi connectivity index (χ1v) is 10.2. The summed E-state index contributed by atoms with van der Waals surface area (Å²) in [6, 6.07) is 16.0. The van der Waals surface area contributed by atoms with Crippen LogP contribution in [0.2, 0.25) is 0 Å². The average Bonchev–Trinajstić information content (AvgIpc) is 2.88. The molecule has 1 atom stereocenters. The summed E-state index contributed by atoms with van der Waals surface area (Å²) in [4.78, 5) is 2.27. The Hall–Kier alpha value is -2.53. The molecule has 0 saturated heterocycles. The standard InChI is InChI=1S/C23H29N2O3/c1-3-28-21-12-8-18(9-13-21)23(26)17-24(19-10-14-20(27-2)15-11-19)22-7-5-4-6-16-25(22)23/h8-15,26H,3-7,16-17H2,1-2H3/q+1. The number of rotatable bonds is 5. The van der Waals surface area contributed by atoms with E-state index in [2.05, 4.69) is 21.6 Å². The number of methoxy groups -OCH3 is 1. The smallest absolute Gasteiger partial charge is 0.271 e. The lowest BCUT2D eigenvalue weighted by Gasteiger charge is -2.23. The molecule has 0 aromatic heterocycles. The first kappa shape index (κ1) is 18.8. The van der Waals surface area contributed by atoms with E-state index in [0.29, 0.717) is 13.2 Å². The van der Waals surface area contributed by atoms with Crippen LogP contribution in [0.3, 0.4) is 0 Å². The number of anilines is 1. The molecule has 2 aromatic rings. The van der Waals surface area contributed by atoms with Crippen molar-refractivity contribution in [1.29, 1.82) is 0 Å². The Balaban J connectivity index is 1.72. The van der Waals surface area contributed by atoms with Crippen LogP contribution in [0.1, 0.15) is 38.2 Å². The zero-order valence-electron chi connectivity index (χ0n) is 16.7. The van der Waals surface area contributed by atoms with Crippen LogP contribution in [0, 0.1) is 0 Å². The maximum Gasteiger partial charge on any atom is 0.271 e. The molecule has 0 fully saturated rings. The molecular formula is C23H29N2O3+. The highest BCUT2D eigenvalue weighted by molar-refractivity contribution is 5.96. The summed E-state index contributed by atoms with van der Waals surface area (Å²) in [7, 11) is 1.68. The molecule has 2 aliphatic heterocycles. The van der Waals surface area contributed by atoms with Gasteiger partial charge in [0.25, 0.3) is 11.6 Å². The van der Waals surface area contributed by atoms with Gasteiger partial charge in [0.05, 0.1) is 20.3 Å². The van der Waals surface area contributed by atoms with E-state index >= 15 is 0 Å². The van der Waals surface area contributed by atoms with Crippen LogP contribution in [0.25, 0.3) is 0 Å². The van der Waals surface area contributed by atoms with E-state index in [0.717, 1.165) is 48.6 Å². The topological polar surface area (TPSA) is 44.9 Å². The second-order valence-corrected chi connectivity index (χ2v) is 7.44. The summed E-state index contributed by atoms with van der Waals surface area (Å²) in [6.07, 6.45) is 4.41. The van der Waals surface area contributed by atoms with Crippen molar-refractivity contribution < 1.29 is 19.2 Å². The Morgan fingerprint density at radius 1 is 1.00 bits per heavy atom. The number of hydrogen-bond donors (Lipinski definition) is 1. The number of nitrogens with zero attached hydrogens (tertiary/aromatic N) is 2. The minimum Gasteiger partial charge on any atom is -0.497 e.